The summed E-state index contributed by atoms with van der Waals surface area (Å²) in [6.07, 6.45) is 0.495. The number of amides is 2. The zero-order valence-corrected chi connectivity index (χ0v) is 13.0. The quantitative estimate of drug-likeness (QED) is 0.911. The summed E-state index contributed by atoms with van der Waals surface area (Å²) in [6.45, 7) is 6.42. The number of hydrogen-bond donors (Lipinski definition) is 1. The zero-order chi connectivity index (χ0) is 15.8. The summed E-state index contributed by atoms with van der Waals surface area (Å²) in [5, 5.41) is 9.25. The lowest BCUT2D eigenvalue weighted by Gasteiger charge is -2.27. The summed E-state index contributed by atoms with van der Waals surface area (Å²) < 4.78 is 0. The van der Waals surface area contributed by atoms with E-state index in [1.54, 1.807) is 23.8 Å². The van der Waals surface area contributed by atoms with Gasteiger partial charge in [0.2, 0.25) is 0 Å². The fraction of sp³-hybridized carbons (Fsp3) is 0.500. The van der Waals surface area contributed by atoms with Crippen LogP contribution in [0.4, 0.5) is 10.5 Å². The van der Waals surface area contributed by atoms with Crippen molar-refractivity contribution in [3.8, 4) is 0 Å². The molecule has 1 unspecified atom stereocenters. The van der Waals surface area contributed by atoms with Crippen molar-refractivity contribution in [2.45, 2.75) is 27.2 Å². The number of carbonyl (C=O) groups is 2. The van der Waals surface area contributed by atoms with E-state index in [2.05, 4.69) is 0 Å². The van der Waals surface area contributed by atoms with Gasteiger partial charge in [0.1, 0.15) is 0 Å². The molecule has 5 nitrogen and oxygen atoms in total. The average Bonchev–Trinajstić information content (AvgIpc) is 2.81. The van der Waals surface area contributed by atoms with Crippen LogP contribution in [0, 0.1) is 19.3 Å². The molecule has 1 aromatic rings. The number of carbonyl (C=O) groups excluding carboxylic acids is 1. The van der Waals surface area contributed by atoms with Crippen molar-refractivity contribution < 1.29 is 14.7 Å². The van der Waals surface area contributed by atoms with Gasteiger partial charge in [-0.15, -0.1) is 0 Å². The van der Waals surface area contributed by atoms with Crippen LogP contribution in [-0.2, 0) is 4.79 Å². The standard InChI is InChI=1S/C16H22N2O3/c1-11-5-6-13(12(2)9-11)17(4)15(21)18-8-7-16(3,10-18)14(19)20/h5-6,9H,7-8,10H2,1-4H3,(H,19,20). The first-order valence-electron chi connectivity index (χ1n) is 7.08. The molecule has 1 aliphatic heterocycles. The highest BCUT2D eigenvalue weighted by Crippen LogP contribution is 2.31. The number of likely N-dealkylation sites (tertiary alicyclic amines) is 1. The molecule has 1 atom stereocenters. The number of nitrogens with zero attached hydrogens (tertiary/aromatic N) is 2. The highest BCUT2D eigenvalue weighted by Gasteiger charge is 2.42. The monoisotopic (exact) mass is 290 g/mol. The molecule has 0 aliphatic carbocycles. The van der Waals surface area contributed by atoms with Gasteiger partial charge in [0, 0.05) is 25.8 Å². The van der Waals surface area contributed by atoms with E-state index in [-0.39, 0.29) is 12.6 Å². The van der Waals surface area contributed by atoms with Gasteiger partial charge in [-0.1, -0.05) is 17.7 Å². The van der Waals surface area contributed by atoms with E-state index in [0.717, 1.165) is 16.8 Å². The number of anilines is 1. The van der Waals surface area contributed by atoms with Gasteiger partial charge in [-0.3, -0.25) is 9.69 Å². The topological polar surface area (TPSA) is 60.9 Å². The van der Waals surface area contributed by atoms with E-state index in [9.17, 15) is 14.7 Å². The van der Waals surface area contributed by atoms with Crippen molar-refractivity contribution >= 4 is 17.7 Å². The van der Waals surface area contributed by atoms with Crippen molar-refractivity contribution in [1.29, 1.82) is 0 Å². The molecule has 1 fully saturated rings. The number of carboxylic acid groups (broad SMARTS) is 1. The normalized spacial score (nSPS) is 21.4. The van der Waals surface area contributed by atoms with E-state index >= 15 is 0 Å². The van der Waals surface area contributed by atoms with Gasteiger partial charge in [0.05, 0.1) is 5.41 Å². The van der Waals surface area contributed by atoms with Crippen molar-refractivity contribution in [3.63, 3.8) is 0 Å². The molecule has 2 amide bonds. The van der Waals surface area contributed by atoms with Crippen molar-refractivity contribution in [1.82, 2.24) is 4.90 Å². The SMILES string of the molecule is Cc1ccc(N(C)C(=O)N2CCC(C)(C(=O)O)C2)c(C)c1. The molecule has 1 aliphatic rings. The van der Waals surface area contributed by atoms with Crippen LogP contribution in [0.5, 0.6) is 0 Å². The van der Waals surface area contributed by atoms with E-state index in [1.165, 1.54) is 0 Å². The number of urea groups is 1. The second kappa shape index (κ2) is 5.39. The summed E-state index contributed by atoms with van der Waals surface area (Å²) in [5.41, 5.74) is 2.20. The van der Waals surface area contributed by atoms with Gasteiger partial charge in [-0.2, -0.15) is 0 Å². The second-order valence-corrected chi connectivity index (χ2v) is 6.17. The molecule has 114 valence electrons. The van der Waals surface area contributed by atoms with Gasteiger partial charge in [-0.25, -0.2) is 4.79 Å². The van der Waals surface area contributed by atoms with Crippen LogP contribution < -0.4 is 4.90 Å². The number of aryl methyl sites for hydroxylation is 2. The largest absolute Gasteiger partial charge is 0.481 e. The van der Waals surface area contributed by atoms with E-state index in [1.807, 2.05) is 32.0 Å². The second-order valence-electron chi connectivity index (χ2n) is 6.17. The van der Waals surface area contributed by atoms with Crippen LogP contribution in [0.1, 0.15) is 24.5 Å². The molecular weight excluding hydrogens is 268 g/mol. The molecular formula is C16H22N2O3. The summed E-state index contributed by atoms with van der Waals surface area (Å²) in [7, 11) is 1.73. The first kappa shape index (κ1) is 15.4. The number of aliphatic carboxylic acids is 1. The molecule has 0 bridgehead atoms. The van der Waals surface area contributed by atoms with Gasteiger partial charge < -0.3 is 10.0 Å². The molecule has 1 N–H and O–H groups in total. The maximum atomic E-state index is 12.6. The molecule has 0 aromatic heterocycles. The Morgan fingerprint density at radius 1 is 1.33 bits per heavy atom. The Kier molecular flexibility index (Phi) is 3.94. The Balaban J connectivity index is 2.15. The minimum Gasteiger partial charge on any atom is -0.481 e. The van der Waals surface area contributed by atoms with E-state index in [4.69, 9.17) is 0 Å². The molecule has 1 heterocycles. The van der Waals surface area contributed by atoms with Crippen molar-refractivity contribution in [3.05, 3.63) is 29.3 Å². The smallest absolute Gasteiger partial charge is 0.324 e. The van der Waals surface area contributed by atoms with Gasteiger partial charge in [0.25, 0.3) is 0 Å². The summed E-state index contributed by atoms with van der Waals surface area (Å²) in [6, 6.07) is 5.78. The maximum absolute atomic E-state index is 12.6. The number of hydrogen-bond acceptors (Lipinski definition) is 2. The molecule has 0 radical (unpaired) electrons. The molecule has 1 saturated heterocycles. The first-order valence-corrected chi connectivity index (χ1v) is 7.08. The molecule has 0 spiro atoms. The minimum atomic E-state index is -0.841. The van der Waals surface area contributed by atoms with Gasteiger partial charge in [0.15, 0.2) is 0 Å². The number of carboxylic acids is 1. The maximum Gasteiger partial charge on any atom is 0.324 e. The third kappa shape index (κ3) is 2.86. The Morgan fingerprint density at radius 2 is 2.00 bits per heavy atom. The fourth-order valence-corrected chi connectivity index (χ4v) is 2.80. The van der Waals surface area contributed by atoms with Crippen molar-refractivity contribution in [2.75, 3.05) is 25.0 Å². The Labute approximate surface area is 125 Å². The predicted octanol–water partition coefficient (Wildman–Crippen LogP) is 2.66. The third-order valence-corrected chi connectivity index (χ3v) is 4.26. The van der Waals surface area contributed by atoms with Crippen molar-refractivity contribution in [2.24, 2.45) is 5.41 Å². The Bertz CT molecular complexity index is 585. The average molecular weight is 290 g/mol. The summed E-state index contributed by atoms with van der Waals surface area (Å²) >= 11 is 0. The van der Waals surface area contributed by atoms with Crippen LogP contribution in [0.25, 0.3) is 0 Å². The van der Waals surface area contributed by atoms with Gasteiger partial charge in [-0.05, 0) is 38.8 Å². The lowest BCUT2D eigenvalue weighted by Crippen LogP contribution is -2.42. The number of rotatable bonds is 2. The lowest BCUT2D eigenvalue weighted by atomic mass is 9.90. The summed E-state index contributed by atoms with van der Waals surface area (Å²) in [5.74, 6) is -0.841. The zero-order valence-electron chi connectivity index (χ0n) is 13.0. The third-order valence-electron chi connectivity index (χ3n) is 4.26. The highest BCUT2D eigenvalue weighted by molar-refractivity contribution is 5.93. The minimum absolute atomic E-state index is 0.146. The molecule has 2 rings (SSSR count). The van der Waals surface area contributed by atoms with E-state index < -0.39 is 11.4 Å². The molecule has 1 aromatic carbocycles. The fourth-order valence-electron chi connectivity index (χ4n) is 2.80. The molecule has 21 heavy (non-hydrogen) atoms. The molecule has 5 heteroatoms. The van der Waals surface area contributed by atoms with Crippen LogP contribution in [0.2, 0.25) is 0 Å². The van der Waals surface area contributed by atoms with Crippen LogP contribution >= 0.6 is 0 Å². The van der Waals surface area contributed by atoms with Crippen LogP contribution in [0.3, 0.4) is 0 Å². The number of benzene rings is 1. The lowest BCUT2D eigenvalue weighted by molar-refractivity contribution is -0.146. The molecule has 0 saturated carbocycles. The Morgan fingerprint density at radius 3 is 2.52 bits per heavy atom. The van der Waals surface area contributed by atoms with E-state index in [0.29, 0.717) is 13.0 Å². The van der Waals surface area contributed by atoms with Gasteiger partial charge >= 0.3 is 12.0 Å². The first-order chi connectivity index (χ1) is 9.74. The Hall–Kier alpha value is -2.04. The summed E-state index contributed by atoms with van der Waals surface area (Å²) in [4.78, 5) is 27.0. The highest BCUT2D eigenvalue weighted by atomic mass is 16.4. The predicted molar refractivity (Wildman–Crippen MR) is 81.6 cm³/mol. The van der Waals surface area contributed by atoms with Crippen LogP contribution in [0.15, 0.2) is 18.2 Å². The van der Waals surface area contributed by atoms with Crippen LogP contribution in [-0.4, -0.2) is 42.1 Å².